The molecule has 3 nitrogen and oxygen atoms in total. The Morgan fingerprint density at radius 3 is 3.12 bits per heavy atom. The third-order valence-corrected chi connectivity index (χ3v) is 3.61. The lowest BCUT2D eigenvalue weighted by atomic mass is 10.00. The number of esters is 1. The average molecular weight is 284 g/mol. The van der Waals surface area contributed by atoms with E-state index in [1.54, 1.807) is 0 Å². The van der Waals surface area contributed by atoms with E-state index in [0.717, 1.165) is 19.5 Å². The Balaban J connectivity index is 2.09. The molecule has 1 heterocycles. The van der Waals surface area contributed by atoms with E-state index < -0.39 is 0 Å². The van der Waals surface area contributed by atoms with Gasteiger partial charge >= 0.3 is 5.97 Å². The Labute approximate surface area is 104 Å². The Bertz CT molecular complexity index is 406. The minimum absolute atomic E-state index is 0.168. The van der Waals surface area contributed by atoms with Gasteiger partial charge in [-0.2, -0.15) is 0 Å². The fraction of sp³-hybridized carbons (Fsp3) is 0.417. The van der Waals surface area contributed by atoms with Crippen LogP contribution in [-0.4, -0.2) is 31.1 Å². The lowest BCUT2D eigenvalue weighted by Crippen LogP contribution is -2.35. The fourth-order valence-electron chi connectivity index (χ4n) is 2.00. The minimum Gasteiger partial charge on any atom is -0.468 e. The van der Waals surface area contributed by atoms with Crippen molar-refractivity contribution >= 4 is 21.9 Å². The van der Waals surface area contributed by atoms with Gasteiger partial charge in [0.05, 0.1) is 13.7 Å². The summed E-state index contributed by atoms with van der Waals surface area (Å²) >= 11 is 3.56. The van der Waals surface area contributed by atoms with Gasteiger partial charge in [-0.05, 0) is 23.6 Å². The normalized spacial score (nSPS) is 15.6. The number of halogens is 1. The fourth-order valence-corrected chi connectivity index (χ4v) is 2.61. The van der Waals surface area contributed by atoms with Crippen molar-refractivity contribution in [3.8, 4) is 0 Å². The van der Waals surface area contributed by atoms with E-state index in [-0.39, 0.29) is 5.97 Å². The molecule has 16 heavy (non-hydrogen) atoms. The highest BCUT2D eigenvalue weighted by molar-refractivity contribution is 9.10. The van der Waals surface area contributed by atoms with Gasteiger partial charge in [0.15, 0.2) is 0 Å². The molecule has 0 spiro atoms. The molecular formula is C12H14BrNO2. The van der Waals surface area contributed by atoms with Gasteiger partial charge in [0, 0.05) is 17.6 Å². The molecular weight excluding hydrogens is 270 g/mol. The number of benzene rings is 1. The van der Waals surface area contributed by atoms with E-state index in [1.165, 1.54) is 22.7 Å². The van der Waals surface area contributed by atoms with Gasteiger partial charge in [-0.3, -0.25) is 9.69 Å². The average Bonchev–Trinajstić information content (AvgIpc) is 2.29. The molecule has 0 unspecified atom stereocenters. The minimum atomic E-state index is -0.168. The molecule has 0 radical (unpaired) electrons. The van der Waals surface area contributed by atoms with Crippen LogP contribution in [0.5, 0.6) is 0 Å². The number of carbonyl (C=O) groups excluding carboxylic acids is 1. The van der Waals surface area contributed by atoms with E-state index in [2.05, 4.69) is 37.7 Å². The van der Waals surface area contributed by atoms with Crippen molar-refractivity contribution in [2.75, 3.05) is 20.2 Å². The zero-order valence-electron chi connectivity index (χ0n) is 9.20. The van der Waals surface area contributed by atoms with Gasteiger partial charge in [0.1, 0.15) is 0 Å². The molecule has 0 amide bonds. The van der Waals surface area contributed by atoms with Gasteiger partial charge in [0.25, 0.3) is 0 Å². The van der Waals surface area contributed by atoms with E-state index >= 15 is 0 Å². The first kappa shape index (κ1) is 11.6. The summed E-state index contributed by atoms with van der Waals surface area (Å²) < 4.78 is 5.84. The third-order valence-electron chi connectivity index (χ3n) is 2.87. The number of hydrogen-bond acceptors (Lipinski definition) is 3. The quantitative estimate of drug-likeness (QED) is 0.778. The topological polar surface area (TPSA) is 29.5 Å². The molecule has 0 saturated heterocycles. The summed E-state index contributed by atoms with van der Waals surface area (Å²) in [6.07, 6.45) is 0.980. The first-order valence-electron chi connectivity index (χ1n) is 5.26. The standard InChI is InChI=1S/C12H14BrNO2/c1-16-12(15)8-14-6-5-10-9(7-14)3-2-4-11(10)13/h2-4H,5-8H2,1H3. The van der Waals surface area contributed by atoms with Crippen LogP contribution >= 0.6 is 15.9 Å². The first-order valence-corrected chi connectivity index (χ1v) is 6.05. The SMILES string of the molecule is COC(=O)CN1CCc2c(Br)cccc2C1. The van der Waals surface area contributed by atoms with Crippen LogP contribution in [0, 0.1) is 0 Å². The summed E-state index contributed by atoms with van der Waals surface area (Å²) in [7, 11) is 1.43. The number of hydrogen-bond donors (Lipinski definition) is 0. The Morgan fingerprint density at radius 2 is 2.38 bits per heavy atom. The predicted molar refractivity (Wildman–Crippen MR) is 65.1 cm³/mol. The summed E-state index contributed by atoms with van der Waals surface area (Å²) in [6.45, 7) is 2.11. The molecule has 1 aliphatic heterocycles. The Morgan fingerprint density at radius 1 is 1.56 bits per heavy atom. The van der Waals surface area contributed by atoms with Crippen molar-refractivity contribution in [2.24, 2.45) is 0 Å². The van der Waals surface area contributed by atoms with Crippen molar-refractivity contribution in [2.45, 2.75) is 13.0 Å². The van der Waals surface area contributed by atoms with Crippen LogP contribution in [0.15, 0.2) is 22.7 Å². The molecule has 0 aromatic heterocycles. The summed E-state index contributed by atoms with van der Waals surface area (Å²) in [6, 6.07) is 6.21. The molecule has 0 saturated carbocycles. The van der Waals surface area contributed by atoms with E-state index in [0.29, 0.717) is 6.54 Å². The van der Waals surface area contributed by atoms with Crippen molar-refractivity contribution < 1.29 is 9.53 Å². The smallest absolute Gasteiger partial charge is 0.319 e. The molecule has 2 rings (SSSR count). The second-order valence-electron chi connectivity index (χ2n) is 3.91. The third kappa shape index (κ3) is 2.44. The second kappa shape index (κ2) is 4.97. The van der Waals surface area contributed by atoms with E-state index in [4.69, 9.17) is 0 Å². The molecule has 0 atom stereocenters. The van der Waals surface area contributed by atoms with Gasteiger partial charge in [-0.15, -0.1) is 0 Å². The lowest BCUT2D eigenvalue weighted by Gasteiger charge is -2.28. The maximum atomic E-state index is 11.2. The highest BCUT2D eigenvalue weighted by atomic mass is 79.9. The summed E-state index contributed by atoms with van der Waals surface area (Å²) in [5.41, 5.74) is 2.66. The molecule has 0 aliphatic carbocycles. The molecule has 0 N–H and O–H groups in total. The first-order chi connectivity index (χ1) is 7.70. The molecule has 0 fully saturated rings. The summed E-state index contributed by atoms with van der Waals surface area (Å²) in [5, 5.41) is 0. The van der Waals surface area contributed by atoms with E-state index in [1.807, 2.05) is 6.07 Å². The van der Waals surface area contributed by atoms with Crippen LogP contribution in [0.25, 0.3) is 0 Å². The van der Waals surface area contributed by atoms with Crippen LogP contribution in [0.3, 0.4) is 0 Å². The second-order valence-corrected chi connectivity index (χ2v) is 4.77. The maximum absolute atomic E-state index is 11.2. The van der Waals surface area contributed by atoms with Gasteiger partial charge < -0.3 is 4.74 Å². The number of methoxy groups -OCH3 is 1. The van der Waals surface area contributed by atoms with E-state index in [9.17, 15) is 4.79 Å². The molecule has 1 aliphatic rings. The number of rotatable bonds is 2. The number of fused-ring (bicyclic) bond motifs is 1. The van der Waals surface area contributed by atoms with Crippen LogP contribution in [0.1, 0.15) is 11.1 Å². The van der Waals surface area contributed by atoms with Crippen LogP contribution in [0.2, 0.25) is 0 Å². The zero-order chi connectivity index (χ0) is 11.5. The Hall–Kier alpha value is -0.870. The van der Waals surface area contributed by atoms with Gasteiger partial charge in [-0.25, -0.2) is 0 Å². The molecule has 1 aromatic carbocycles. The van der Waals surface area contributed by atoms with Crippen molar-refractivity contribution in [1.29, 1.82) is 0 Å². The maximum Gasteiger partial charge on any atom is 0.319 e. The highest BCUT2D eigenvalue weighted by Gasteiger charge is 2.19. The van der Waals surface area contributed by atoms with Crippen LogP contribution in [-0.2, 0) is 22.5 Å². The van der Waals surface area contributed by atoms with Gasteiger partial charge in [0.2, 0.25) is 0 Å². The monoisotopic (exact) mass is 283 g/mol. The Kier molecular flexibility index (Phi) is 3.61. The van der Waals surface area contributed by atoms with Crippen molar-refractivity contribution in [1.82, 2.24) is 4.90 Å². The molecule has 4 heteroatoms. The highest BCUT2D eigenvalue weighted by Crippen LogP contribution is 2.26. The number of carbonyl (C=O) groups is 1. The largest absolute Gasteiger partial charge is 0.468 e. The van der Waals surface area contributed by atoms with Gasteiger partial charge in [-0.1, -0.05) is 28.1 Å². The summed E-state index contributed by atoms with van der Waals surface area (Å²) in [4.78, 5) is 13.3. The van der Waals surface area contributed by atoms with Crippen molar-refractivity contribution in [3.63, 3.8) is 0 Å². The van der Waals surface area contributed by atoms with Crippen LogP contribution in [0.4, 0.5) is 0 Å². The van der Waals surface area contributed by atoms with Crippen LogP contribution < -0.4 is 0 Å². The summed E-state index contributed by atoms with van der Waals surface area (Å²) in [5.74, 6) is -0.168. The molecule has 1 aromatic rings. The zero-order valence-corrected chi connectivity index (χ0v) is 10.8. The number of ether oxygens (including phenoxy) is 1. The molecule has 86 valence electrons. The lowest BCUT2D eigenvalue weighted by molar-refractivity contribution is -0.142. The van der Waals surface area contributed by atoms with Crippen molar-refractivity contribution in [3.05, 3.63) is 33.8 Å². The number of nitrogens with zero attached hydrogens (tertiary/aromatic N) is 1. The molecule has 0 bridgehead atoms. The predicted octanol–water partition coefficient (Wildman–Crippen LogP) is 1.98.